The van der Waals surface area contributed by atoms with Crippen LogP contribution in [0.5, 0.6) is 0 Å². The molecule has 23 heavy (non-hydrogen) atoms. The van der Waals surface area contributed by atoms with Crippen LogP contribution in [0.25, 0.3) is 0 Å². The number of carbonyl (C=O) groups excluding carboxylic acids is 1. The summed E-state index contributed by atoms with van der Waals surface area (Å²) in [7, 11) is 0. The highest BCUT2D eigenvalue weighted by Gasteiger charge is 2.33. The molecule has 1 rings (SSSR count). The van der Waals surface area contributed by atoms with Crippen molar-refractivity contribution in [1.82, 2.24) is 5.32 Å². The minimum Gasteiger partial charge on any atom is -0.481 e. The van der Waals surface area contributed by atoms with Crippen molar-refractivity contribution >= 4 is 11.9 Å². The molecule has 0 aromatic heterocycles. The van der Waals surface area contributed by atoms with Gasteiger partial charge in [-0.1, -0.05) is 32.0 Å². The van der Waals surface area contributed by atoms with Crippen molar-refractivity contribution in [3.8, 4) is 0 Å². The van der Waals surface area contributed by atoms with Crippen LogP contribution in [0.2, 0.25) is 0 Å². The second-order valence-electron chi connectivity index (χ2n) is 5.80. The molecule has 0 bridgehead atoms. The first-order valence-electron chi connectivity index (χ1n) is 7.25. The Morgan fingerprint density at radius 2 is 1.83 bits per heavy atom. The number of nitrogens with one attached hydrogen (secondary N) is 1. The van der Waals surface area contributed by atoms with Gasteiger partial charge in [-0.15, -0.1) is 0 Å². The predicted octanol–water partition coefficient (Wildman–Crippen LogP) is 3.11. The lowest BCUT2D eigenvalue weighted by molar-refractivity contribution is -0.142. The molecule has 0 aliphatic carbocycles. The molecule has 1 unspecified atom stereocenters. The van der Waals surface area contributed by atoms with Crippen molar-refractivity contribution < 1.29 is 27.9 Å². The monoisotopic (exact) mass is 331 g/mol. The third kappa shape index (κ3) is 6.30. The quantitative estimate of drug-likeness (QED) is 0.807. The molecule has 0 saturated carbocycles. The lowest BCUT2D eigenvalue weighted by Gasteiger charge is -2.16. The summed E-state index contributed by atoms with van der Waals surface area (Å²) in [4.78, 5) is 22.9. The number of alkyl halides is 3. The van der Waals surface area contributed by atoms with Crippen LogP contribution >= 0.6 is 0 Å². The van der Waals surface area contributed by atoms with Crippen molar-refractivity contribution in [3.05, 3.63) is 35.4 Å². The molecule has 0 aliphatic rings. The summed E-state index contributed by atoms with van der Waals surface area (Å²) in [6.45, 7) is 3.62. The van der Waals surface area contributed by atoms with Crippen LogP contribution in [0.3, 0.4) is 0 Å². The van der Waals surface area contributed by atoms with Crippen molar-refractivity contribution in [1.29, 1.82) is 0 Å². The van der Waals surface area contributed by atoms with Crippen LogP contribution in [-0.4, -0.2) is 23.5 Å². The standard InChI is InChI=1S/C16H20F3NO3/c1-10(2)7-12(15(22)23)9-20-14(21)8-11-5-3-4-6-13(11)16(17,18)19/h3-6,10,12H,7-9H2,1-2H3,(H,20,21)(H,22,23). The van der Waals surface area contributed by atoms with E-state index in [0.29, 0.717) is 6.42 Å². The summed E-state index contributed by atoms with van der Waals surface area (Å²) in [5.41, 5.74) is -0.986. The Bertz CT molecular complexity index is 556. The van der Waals surface area contributed by atoms with Crippen LogP contribution in [-0.2, 0) is 22.2 Å². The first-order valence-corrected chi connectivity index (χ1v) is 7.25. The number of halogens is 3. The minimum atomic E-state index is -4.53. The van der Waals surface area contributed by atoms with Crippen LogP contribution in [0.15, 0.2) is 24.3 Å². The number of carboxylic acids is 1. The van der Waals surface area contributed by atoms with E-state index in [-0.39, 0.29) is 18.0 Å². The highest BCUT2D eigenvalue weighted by atomic mass is 19.4. The second kappa shape index (κ2) is 7.99. The fraction of sp³-hybridized carbons (Fsp3) is 0.500. The van der Waals surface area contributed by atoms with Gasteiger partial charge in [0.2, 0.25) is 5.91 Å². The summed E-state index contributed by atoms with van der Waals surface area (Å²) < 4.78 is 38.6. The average molecular weight is 331 g/mol. The third-order valence-electron chi connectivity index (χ3n) is 3.32. The molecule has 0 saturated heterocycles. The zero-order valence-electron chi connectivity index (χ0n) is 13.0. The van der Waals surface area contributed by atoms with Gasteiger partial charge in [-0.05, 0) is 24.0 Å². The van der Waals surface area contributed by atoms with Crippen LogP contribution < -0.4 is 5.32 Å². The average Bonchev–Trinajstić information content (AvgIpc) is 2.42. The molecular formula is C16H20F3NO3. The van der Waals surface area contributed by atoms with Gasteiger partial charge in [0, 0.05) is 6.54 Å². The maximum atomic E-state index is 12.9. The number of rotatable bonds is 7. The highest BCUT2D eigenvalue weighted by Crippen LogP contribution is 2.31. The molecule has 128 valence electrons. The minimum absolute atomic E-state index is 0.0967. The number of carbonyl (C=O) groups is 2. The summed E-state index contributed by atoms with van der Waals surface area (Å²) in [5.74, 6) is -2.28. The van der Waals surface area contributed by atoms with E-state index in [0.717, 1.165) is 6.07 Å². The van der Waals surface area contributed by atoms with E-state index in [4.69, 9.17) is 5.11 Å². The third-order valence-corrected chi connectivity index (χ3v) is 3.32. The van der Waals surface area contributed by atoms with E-state index in [9.17, 15) is 22.8 Å². The Kier molecular flexibility index (Phi) is 6.60. The smallest absolute Gasteiger partial charge is 0.416 e. The van der Waals surface area contributed by atoms with Crippen molar-refractivity contribution in [3.63, 3.8) is 0 Å². The topological polar surface area (TPSA) is 66.4 Å². The van der Waals surface area contributed by atoms with Gasteiger partial charge in [0.05, 0.1) is 17.9 Å². The fourth-order valence-electron chi connectivity index (χ4n) is 2.26. The SMILES string of the molecule is CC(C)CC(CNC(=O)Cc1ccccc1C(F)(F)F)C(=O)O. The van der Waals surface area contributed by atoms with Gasteiger partial charge < -0.3 is 10.4 Å². The first kappa shape index (κ1) is 19.0. The van der Waals surface area contributed by atoms with E-state index in [1.54, 1.807) is 0 Å². The molecule has 0 radical (unpaired) electrons. The van der Waals surface area contributed by atoms with E-state index in [1.165, 1.54) is 18.2 Å². The van der Waals surface area contributed by atoms with E-state index in [2.05, 4.69) is 5.32 Å². The maximum Gasteiger partial charge on any atom is 0.416 e. The second-order valence-corrected chi connectivity index (χ2v) is 5.80. The van der Waals surface area contributed by atoms with Gasteiger partial charge in [-0.3, -0.25) is 9.59 Å². The number of aliphatic carboxylic acids is 1. The van der Waals surface area contributed by atoms with E-state index >= 15 is 0 Å². The van der Waals surface area contributed by atoms with Gasteiger partial charge in [0.1, 0.15) is 0 Å². The van der Waals surface area contributed by atoms with Crippen molar-refractivity contribution in [2.45, 2.75) is 32.9 Å². The zero-order chi connectivity index (χ0) is 17.6. The molecule has 2 N–H and O–H groups in total. The van der Waals surface area contributed by atoms with Gasteiger partial charge in [-0.25, -0.2) is 0 Å². The molecule has 4 nitrogen and oxygen atoms in total. The Balaban J connectivity index is 2.69. The molecular weight excluding hydrogens is 311 g/mol. The van der Waals surface area contributed by atoms with Crippen molar-refractivity contribution in [2.24, 2.45) is 11.8 Å². The Morgan fingerprint density at radius 3 is 2.35 bits per heavy atom. The summed E-state index contributed by atoms with van der Waals surface area (Å²) in [5, 5.41) is 11.5. The Hall–Kier alpha value is -2.05. The van der Waals surface area contributed by atoms with Gasteiger partial charge in [0.15, 0.2) is 0 Å². The van der Waals surface area contributed by atoms with Crippen LogP contribution in [0.1, 0.15) is 31.4 Å². The van der Waals surface area contributed by atoms with Gasteiger partial charge in [0.25, 0.3) is 0 Å². The molecule has 0 fully saturated rings. The van der Waals surface area contributed by atoms with E-state index in [1.807, 2.05) is 13.8 Å². The zero-order valence-corrected chi connectivity index (χ0v) is 13.0. The summed E-state index contributed by atoms with van der Waals surface area (Å²) >= 11 is 0. The van der Waals surface area contributed by atoms with Gasteiger partial charge in [-0.2, -0.15) is 13.2 Å². The molecule has 1 atom stereocenters. The van der Waals surface area contributed by atoms with Crippen LogP contribution in [0.4, 0.5) is 13.2 Å². The van der Waals surface area contributed by atoms with Crippen LogP contribution in [0, 0.1) is 11.8 Å². The summed E-state index contributed by atoms with van der Waals surface area (Å²) in [6, 6.07) is 4.84. The number of hydrogen-bond acceptors (Lipinski definition) is 2. The molecule has 7 heteroatoms. The normalized spacial score (nSPS) is 13.0. The van der Waals surface area contributed by atoms with Crippen molar-refractivity contribution in [2.75, 3.05) is 6.54 Å². The molecule has 1 amide bonds. The first-order chi connectivity index (χ1) is 10.6. The fourth-order valence-corrected chi connectivity index (χ4v) is 2.26. The largest absolute Gasteiger partial charge is 0.481 e. The molecule has 1 aromatic carbocycles. The number of hydrogen-bond donors (Lipinski definition) is 2. The highest BCUT2D eigenvalue weighted by molar-refractivity contribution is 5.80. The number of carboxylic acid groups (broad SMARTS) is 1. The Morgan fingerprint density at radius 1 is 1.22 bits per heavy atom. The predicted molar refractivity (Wildman–Crippen MR) is 78.7 cm³/mol. The maximum absolute atomic E-state index is 12.9. The Labute approximate surface area is 132 Å². The molecule has 0 aliphatic heterocycles. The molecule has 0 spiro atoms. The summed E-state index contributed by atoms with van der Waals surface area (Å²) in [6.07, 6.45) is -4.59. The molecule has 1 aromatic rings. The number of benzene rings is 1. The van der Waals surface area contributed by atoms with Gasteiger partial charge >= 0.3 is 12.1 Å². The lowest BCUT2D eigenvalue weighted by Crippen LogP contribution is -2.34. The molecule has 0 heterocycles. The lowest BCUT2D eigenvalue weighted by atomic mass is 9.97. The van der Waals surface area contributed by atoms with E-state index < -0.39 is 36.0 Å². The number of amides is 1.